The van der Waals surface area contributed by atoms with E-state index in [2.05, 4.69) is 6.07 Å². The van der Waals surface area contributed by atoms with E-state index in [0.717, 1.165) is 27.7 Å². The first-order valence-electron chi connectivity index (χ1n) is 8.58. The van der Waals surface area contributed by atoms with E-state index in [0.29, 0.717) is 17.7 Å². The van der Waals surface area contributed by atoms with E-state index in [9.17, 15) is 4.79 Å². The molecule has 0 radical (unpaired) electrons. The lowest BCUT2D eigenvalue weighted by molar-refractivity contribution is 0.0771. The highest BCUT2D eigenvalue weighted by molar-refractivity contribution is 7.98. The average Bonchev–Trinajstić information content (AvgIpc) is 3.11. The van der Waals surface area contributed by atoms with Crippen LogP contribution in [0.5, 0.6) is 0 Å². The summed E-state index contributed by atoms with van der Waals surface area (Å²) in [5, 5.41) is 8.89. The molecule has 0 atom stereocenters. The SMILES string of the molecule is Cc1ccc(CN(C)C(=O)c2ccccc2SCc2ccc(C#N)cc2)o1. The smallest absolute Gasteiger partial charge is 0.255 e. The second kappa shape index (κ2) is 8.61. The second-order valence-electron chi connectivity index (χ2n) is 6.27. The van der Waals surface area contributed by atoms with Crippen molar-refractivity contribution in [3.05, 3.63) is 88.9 Å². The van der Waals surface area contributed by atoms with Crippen molar-refractivity contribution in [3.63, 3.8) is 0 Å². The fourth-order valence-corrected chi connectivity index (χ4v) is 3.69. The highest BCUT2D eigenvalue weighted by atomic mass is 32.2. The Hall–Kier alpha value is -2.97. The van der Waals surface area contributed by atoms with Crippen molar-refractivity contribution in [1.82, 2.24) is 4.90 Å². The molecule has 0 spiro atoms. The Kier molecular flexibility index (Phi) is 6.00. The van der Waals surface area contributed by atoms with E-state index in [1.165, 1.54) is 0 Å². The maximum absolute atomic E-state index is 12.9. The minimum atomic E-state index is -0.0352. The van der Waals surface area contributed by atoms with Crippen LogP contribution < -0.4 is 0 Å². The summed E-state index contributed by atoms with van der Waals surface area (Å²) in [4.78, 5) is 15.5. The fraction of sp³-hybridized carbons (Fsp3) is 0.182. The molecule has 5 heteroatoms. The first-order valence-corrected chi connectivity index (χ1v) is 9.57. The van der Waals surface area contributed by atoms with Gasteiger partial charge in [-0.3, -0.25) is 4.79 Å². The molecule has 0 saturated heterocycles. The van der Waals surface area contributed by atoms with Crippen LogP contribution in [0.15, 0.2) is 70.0 Å². The minimum Gasteiger partial charge on any atom is -0.464 e. The summed E-state index contributed by atoms with van der Waals surface area (Å²) in [5.41, 5.74) is 2.44. The molecule has 0 saturated carbocycles. The second-order valence-corrected chi connectivity index (χ2v) is 7.28. The van der Waals surface area contributed by atoms with Crippen LogP contribution in [-0.2, 0) is 12.3 Å². The molecule has 0 aliphatic heterocycles. The van der Waals surface area contributed by atoms with Gasteiger partial charge in [0.25, 0.3) is 5.91 Å². The molecule has 136 valence electrons. The molecular weight excluding hydrogens is 356 g/mol. The number of carbonyl (C=O) groups excluding carboxylic acids is 1. The maximum Gasteiger partial charge on any atom is 0.255 e. The lowest BCUT2D eigenvalue weighted by atomic mass is 10.2. The van der Waals surface area contributed by atoms with Crippen LogP contribution in [0.1, 0.15) is 33.0 Å². The van der Waals surface area contributed by atoms with Gasteiger partial charge in [-0.15, -0.1) is 11.8 Å². The normalized spacial score (nSPS) is 10.4. The van der Waals surface area contributed by atoms with Gasteiger partial charge in [0, 0.05) is 17.7 Å². The van der Waals surface area contributed by atoms with Gasteiger partial charge >= 0.3 is 0 Å². The number of amides is 1. The molecule has 27 heavy (non-hydrogen) atoms. The summed E-state index contributed by atoms with van der Waals surface area (Å²) in [7, 11) is 1.78. The van der Waals surface area contributed by atoms with Crippen LogP contribution in [0.3, 0.4) is 0 Å². The van der Waals surface area contributed by atoms with Gasteiger partial charge in [0.15, 0.2) is 0 Å². The Morgan fingerprint density at radius 2 is 1.85 bits per heavy atom. The molecule has 0 aliphatic rings. The third-order valence-corrected chi connectivity index (χ3v) is 5.28. The first-order chi connectivity index (χ1) is 13.1. The molecule has 1 amide bonds. The Balaban J connectivity index is 1.70. The fourth-order valence-electron chi connectivity index (χ4n) is 2.69. The molecule has 3 aromatic rings. The van der Waals surface area contributed by atoms with Crippen molar-refractivity contribution in [2.45, 2.75) is 24.1 Å². The molecule has 4 nitrogen and oxygen atoms in total. The van der Waals surface area contributed by atoms with Gasteiger partial charge in [-0.2, -0.15) is 5.26 Å². The van der Waals surface area contributed by atoms with Crippen LogP contribution in [0.4, 0.5) is 0 Å². The van der Waals surface area contributed by atoms with Gasteiger partial charge < -0.3 is 9.32 Å². The zero-order valence-corrected chi connectivity index (χ0v) is 16.1. The zero-order valence-electron chi connectivity index (χ0n) is 15.3. The molecule has 3 rings (SSSR count). The average molecular weight is 376 g/mol. The Labute approximate surface area is 163 Å². The monoisotopic (exact) mass is 376 g/mol. The van der Waals surface area contributed by atoms with Gasteiger partial charge in [0.2, 0.25) is 0 Å². The lowest BCUT2D eigenvalue weighted by Gasteiger charge is -2.18. The number of carbonyl (C=O) groups is 1. The van der Waals surface area contributed by atoms with E-state index < -0.39 is 0 Å². The number of furan rings is 1. The predicted octanol–water partition coefficient (Wildman–Crippen LogP) is 5.02. The molecule has 1 aromatic heterocycles. The topological polar surface area (TPSA) is 57.2 Å². The van der Waals surface area contributed by atoms with Gasteiger partial charge in [0.05, 0.1) is 23.7 Å². The highest BCUT2D eigenvalue weighted by Gasteiger charge is 2.17. The van der Waals surface area contributed by atoms with Gasteiger partial charge in [-0.05, 0) is 48.9 Å². The number of benzene rings is 2. The number of thioether (sulfide) groups is 1. The Morgan fingerprint density at radius 1 is 1.11 bits per heavy atom. The number of nitrogens with zero attached hydrogens (tertiary/aromatic N) is 2. The summed E-state index contributed by atoms with van der Waals surface area (Å²) >= 11 is 1.62. The summed E-state index contributed by atoms with van der Waals surface area (Å²) in [6, 6.07) is 21.1. The molecular formula is C22H20N2O2S. The third-order valence-electron chi connectivity index (χ3n) is 4.13. The van der Waals surface area contributed by atoms with Gasteiger partial charge in [-0.1, -0.05) is 24.3 Å². The third kappa shape index (κ3) is 4.81. The van der Waals surface area contributed by atoms with E-state index in [4.69, 9.17) is 9.68 Å². The van der Waals surface area contributed by atoms with Crippen LogP contribution in [0.2, 0.25) is 0 Å². The molecule has 0 bridgehead atoms. The van der Waals surface area contributed by atoms with Crippen molar-refractivity contribution < 1.29 is 9.21 Å². The molecule has 1 heterocycles. The van der Waals surface area contributed by atoms with Crippen molar-refractivity contribution in [3.8, 4) is 6.07 Å². The summed E-state index contributed by atoms with van der Waals surface area (Å²) < 4.78 is 5.57. The van der Waals surface area contributed by atoms with Crippen LogP contribution in [0.25, 0.3) is 0 Å². The summed E-state index contributed by atoms with van der Waals surface area (Å²) in [5.74, 6) is 2.30. The van der Waals surface area contributed by atoms with Gasteiger partial charge in [0.1, 0.15) is 11.5 Å². The van der Waals surface area contributed by atoms with Crippen LogP contribution in [0, 0.1) is 18.3 Å². The summed E-state index contributed by atoms with van der Waals surface area (Å²) in [6.07, 6.45) is 0. The van der Waals surface area contributed by atoms with E-state index in [1.807, 2.05) is 67.6 Å². The number of hydrogen-bond donors (Lipinski definition) is 0. The molecule has 0 fully saturated rings. The largest absolute Gasteiger partial charge is 0.464 e. The van der Waals surface area contributed by atoms with Gasteiger partial charge in [-0.25, -0.2) is 0 Å². The minimum absolute atomic E-state index is 0.0352. The Morgan fingerprint density at radius 3 is 2.52 bits per heavy atom. The first kappa shape index (κ1) is 18.8. The van der Waals surface area contributed by atoms with Crippen molar-refractivity contribution in [2.24, 2.45) is 0 Å². The van der Waals surface area contributed by atoms with E-state index >= 15 is 0 Å². The quantitative estimate of drug-likeness (QED) is 0.567. The standard InChI is InChI=1S/C22H20N2O2S/c1-16-7-12-19(26-16)14-24(2)22(25)20-5-3-4-6-21(20)27-15-18-10-8-17(13-23)9-11-18/h3-12H,14-15H2,1-2H3. The molecule has 2 aromatic carbocycles. The summed E-state index contributed by atoms with van der Waals surface area (Å²) in [6.45, 7) is 2.32. The highest BCUT2D eigenvalue weighted by Crippen LogP contribution is 2.27. The number of rotatable bonds is 6. The van der Waals surface area contributed by atoms with Crippen molar-refractivity contribution in [1.29, 1.82) is 5.26 Å². The van der Waals surface area contributed by atoms with Crippen LogP contribution >= 0.6 is 11.8 Å². The van der Waals surface area contributed by atoms with E-state index in [1.54, 1.807) is 23.7 Å². The predicted molar refractivity (Wildman–Crippen MR) is 106 cm³/mol. The molecule has 0 N–H and O–H groups in total. The molecule has 0 aliphatic carbocycles. The maximum atomic E-state index is 12.9. The van der Waals surface area contributed by atoms with Crippen molar-refractivity contribution in [2.75, 3.05) is 7.05 Å². The Bertz CT molecular complexity index is 970. The number of nitriles is 1. The lowest BCUT2D eigenvalue weighted by Crippen LogP contribution is -2.26. The van der Waals surface area contributed by atoms with E-state index in [-0.39, 0.29) is 5.91 Å². The van der Waals surface area contributed by atoms with Crippen LogP contribution in [-0.4, -0.2) is 17.9 Å². The number of hydrogen-bond acceptors (Lipinski definition) is 4. The van der Waals surface area contributed by atoms with Crippen molar-refractivity contribution >= 4 is 17.7 Å². The number of aryl methyl sites for hydroxylation is 1. The zero-order chi connectivity index (χ0) is 19.2. The molecule has 0 unspecified atom stereocenters.